The van der Waals surface area contributed by atoms with Crippen LogP contribution < -0.4 is 0 Å². The Morgan fingerprint density at radius 1 is 1.00 bits per heavy atom. The maximum Gasteiger partial charge on any atom is 0.323 e. The van der Waals surface area contributed by atoms with Crippen LogP contribution in [0.2, 0.25) is 0 Å². The van der Waals surface area contributed by atoms with Gasteiger partial charge in [0.05, 0.1) is 6.42 Å². The molecule has 1 N–H and O–H groups in total. The fraction of sp³-hybridized carbons (Fsp3) is 0.514. The Balaban J connectivity index is 1.04. The maximum atomic E-state index is 13.3. The Hall–Kier alpha value is -3.81. The summed E-state index contributed by atoms with van der Waals surface area (Å²) in [5.74, 6) is -0.567. The third kappa shape index (κ3) is 6.21. The lowest BCUT2D eigenvalue weighted by atomic mass is 9.47. The Bertz CT molecular complexity index is 1500. The molecule has 0 aliphatic heterocycles. The van der Waals surface area contributed by atoms with E-state index in [0.29, 0.717) is 23.3 Å². The number of amides is 1. The molecule has 1 aromatic heterocycles. The highest BCUT2D eigenvalue weighted by molar-refractivity contribution is 5.84. The minimum Gasteiger partial charge on any atom is -0.480 e. The second-order valence-corrected chi connectivity index (χ2v) is 13.9. The van der Waals surface area contributed by atoms with Crippen LogP contribution in [0.4, 0.5) is 4.39 Å². The summed E-state index contributed by atoms with van der Waals surface area (Å²) in [6.45, 7) is 4.42. The van der Waals surface area contributed by atoms with Gasteiger partial charge in [-0.1, -0.05) is 49.8 Å². The molecule has 238 valence electrons. The van der Waals surface area contributed by atoms with Crippen LogP contribution in [0.15, 0.2) is 66.5 Å². The predicted octanol–water partition coefficient (Wildman–Crippen LogP) is 6.98. The summed E-state index contributed by atoms with van der Waals surface area (Å²) in [4.78, 5) is 42.7. The number of esters is 1. The lowest BCUT2D eigenvalue weighted by Gasteiger charge is -2.57. The standard InChI is InChI=1S/C37H43FN2O5/c1-36-17-15-28(45-35(44)14-13-33(41)40(23-34(42)43)22-24-5-8-27(38)9-6-24)20-26(36)7-10-29-31-12-11-30(25-4-3-19-39-21-25)37(31,2)18-16-32(29)36/h3-9,11,19,21,28-29,31-32H,10,12-18,20,22-23H2,1-2H3,(H,42,43). The van der Waals surface area contributed by atoms with Gasteiger partial charge in [-0.25, -0.2) is 4.39 Å². The fourth-order valence-electron chi connectivity index (χ4n) is 9.08. The number of ether oxygens (including phenoxy) is 1. The van der Waals surface area contributed by atoms with E-state index in [4.69, 9.17) is 4.74 Å². The second kappa shape index (κ2) is 12.5. The summed E-state index contributed by atoms with van der Waals surface area (Å²) in [5, 5.41) is 9.30. The minimum absolute atomic E-state index is 0.0266. The van der Waals surface area contributed by atoms with Gasteiger partial charge in [0.2, 0.25) is 5.91 Å². The molecular weight excluding hydrogens is 571 g/mol. The third-order valence-corrected chi connectivity index (χ3v) is 11.4. The van der Waals surface area contributed by atoms with Crippen molar-refractivity contribution in [3.8, 4) is 0 Å². The van der Waals surface area contributed by atoms with Gasteiger partial charge >= 0.3 is 11.9 Å². The third-order valence-electron chi connectivity index (χ3n) is 11.4. The SMILES string of the molecule is CC12CCC(OC(=O)CCC(=O)N(CC(=O)O)Cc3ccc(F)cc3)CC1=CCC1C2CCC2(C)C(c3cccnc3)=CCC12. The van der Waals surface area contributed by atoms with E-state index in [1.807, 2.05) is 18.5 Å². The van der Waals surface area contributed by atoms with Gasteiger partial charge in [0.25, 0.3) is 0 Å². The van der Waals surface area contributed by atoms with Crippen LogP contribution in [-0.2, 0) is 25.7 Å². The average Bonchev–Trinajstić information content (AvgIpc) is 3.38. The fourth-order valence-corrected chi connectivity index (χ4v) is 9.08. The van der Waals surface area contributed by atoms with Gasteiger partial charge in [-0.05, 0) is 102 Å². The van der Waals surface area contributed by atoms with Crippen LogP contribution in [0, 0.1) is 34.4 Å². The van der Waals surface area contributed by atoms with Gasteiger partial charge in [-0.3, -0.25) is 19.4 Å². The number of hydrogen-bond donors (Lipinski definition) is 1. The zero-order chi connectivity index (χ0) is 31.8. The van der Waals surface area contributed by atoms with E-state index in [1.165, 1.54) is 58.7 Å². The van der Waals surface area contributed by atoms with Crippen molar-refractivity contribution in [1.29, 1.82) is 0 Å². The Morgan fingerprint density at radius 2 is 1.78 bits per heavy atom. The summed E-state index contributed by atoms with van der Waals surface area (Å²) in [5.41, 5.74) is 5.04. The van der Waals surface area contributed by atoms with E-state index in [1.54, 1.807) is 0 Å². The molecule has 4 aliphatic rings. The number of rotatable bonds is 9. The van der Waals surface area contributed by atoms with Gasteiger partial charge in [0.15, 0.2) is 0 Å². The highest BCUT2D eigenvalue weighted by Gasteiger charge is 2.57. The van der Waals surface area contributed by atoms with Crippen molar-refractivity contribution in [1.82, 2.24) is 9.88 Å². The van der Waals surface area contributed by atoms with E-state index >= 15 is 0 Å². The normalized spacial score (nSPS) is 30.2. The molecule has 7 nitrogen and oxygen atoms in total. The predicted molar refractivity (Wildman–Crippen MR) is 168 cm³/mol. The number of benzene rings is 1. The molecule has 6 unspecified atom stereocenters. The van der Waals surface area contributed by atoms with E-state index in [0.717, 1.165) is 32.1 Å². The summed E-state index contributed by atoms with van der Waals surface area (Å²) in [7, 11) is 0. The zero-order valence-corrected chi connectivity index (χ0v) is 26.2. The molecule has 6 atom stereocenters. The summed E-state index contributed by atoms with van der Waals surface area (Å²) in [6.07, 6.45) is 15.4. The number of nitrogens with zero attached hydrogens (tertiary/aromatic N) is 2. The van der Waals surface area contributed by atoms with Gasteiger partial charge in [0.1, 0.15) is 18.5 Å². The van der Waals surface area contributed by atoms with Gasteiger partial charge in [-0.2, -0.15) is 0 Å². The Labute approximate surface area is 264 Å². The number of hydrogen-bond acceptors (Lipinski definition) is 5. The zero-order valence-electron chi connectivity index (χ0n) is 26.2. The molecule has 1 aromatic carbocycles. The van der Waals surface area contributed by atoms with Gasteiger partial charge in [0, 0.05) is 31.8 Å². The molecule has 0 bridgehead atoms. The van der Waals surface area contributed by atoms with Crippen molar-refractivity contribution < 1.29 is 28.6 Å². The number of fused-ring (bicyclic) bond motifs is 5. The smallest absolute Gasteiger partial charge is 0.323 e. The molecular formula is C37H43FN2O5. The van der Waals surface area contributed by atoms with Crippen LogP contribution in [0.5, 0.6) is 0 Å². The van der Waals surface area contributed by atoms with Gasteiger partial charge < -0.3 is 14.7 Å². The molecule has 0 spiro atoms. The monoisotopic (exact) mass is 614 g/mol. The first kappa shape index (κ1) is 31.2. The highest BCUT2D eigenvalue weighted by Crippen LogP contribution is 2.66. The molecule has 2 fully saturated rings. The van der Waals surface area contributed by atoms with Gasteiger partial charge in [-0.15, -0.1) is 0 Å². The van der Waals surface area contributed by atoms with Crippen LogP contribution in [-0.4, -0.2) is 45.5 Å². The largest absolute Gasteiger partial charge is 0.480 e. The first-order chi connectivity index (χ1) is 21.6. The summed E-state index contributed by atoms with van der Waals surface area (Å²) < 4.78 is 19.2. The van der Waals surface area contributed by atoms with E-state index in [2.05, 4.69) is 37.0 Å². The molecule has 45 heavy (non-hydrogen) atoms. The first-order valence-electron chi connectivity index (χ1n) is 16.3. The molecule has 1 amide bonds. The lowest BCUT2D eigenvalue weighted by molar-refractivity contribution is -0.153. The number of pyridine rings is 1. The van der Waals surface area contributed by atoms with E-state index < -0.39 is 30.2 Å². The van der Waals surface area contributed by atoms with Crippen molar-refractivity contribution >= 4 is 23.4 Å². The molecule has 0 radical (unpaired) electrons. The van der Waals surface area contributed by atoms with E-state index in [9.17, 15) is 23.9 Å². The minimum atomic E-state index is -1.15. The number of allylic oxidation sites excluding steroid dienone is 3. The Morgan fingerprint density at radius 3 is 2.51 bits per heavy atom. The number of aliphatic carboxylic acids is 1. The molecule has 2 saturated carbocycles. The number of aromatic nitrogens is 1. The summed E-state index contributed by atoms with van der Waals surface area (Å²) >= 11 is 0. The van der Waals surface area contributed by atoms with Crippen LogP contribution in [0.25, 0.3) is 5.57 Å². The number of halogens is 1. The molecule has 0 saturated heterocycles. The van der Waals surface area contributed by atoms with Crippen molar-refractivity contribution in [2.45, 2.75) is 84.3 Å². The van der Waals surface area contributed by atoms with Crippen molar-refractivity contribution in [2.75, 3.05) is 6.54 Å². The number of carboxylic acid groups (broad SMARTS) is 1. The van der Waals surface area contributed by atoms with Crippen molar-refractivity contribution in [2.24, 2.45) is 28.6 Å². The second-order valence-electron chi connectivity index (χ2n) is 13.9. The van der Waals surface area contributed by atoms with Crippen LogP contribution in [0.3, 0.4) is 0 Å². The Kier molecular flexibility index (Phi) is 8.68. The van der Waals surface area contributed by atoms with Crippen LogP contribution >= 0.6 is 0 Å². The summed E-state index contributed by atoms with van der Waals surface area (Å²) in [6, 6.07) is 9.79. The van der Waals surface area contributed by atoms with E-state index in [-0.39, 0.29) is 36.3 Å². The molecule has 4 aliphatic carbocycles. The van der Waals surface area contributed by atoms with Crippen molar-refractivity contribution in [3.63, 3.8) is 0 Å². The van der Waals surface area contributed by atoms with Crippen molar-refractivity contribution in [3.05, 3.63) is 83.5 Å². The molecule has 6 rings (SSSR count). The average molecular weight is 615 g/mol. The molecule has 8 heteroatoms. The molecule has 1 heterocycles. The van der Waals surface area contributed by atoms with Crippen LogP contribution in [0.1, 0.15) is 82.8 Å². The quantitative estimate of drug-likeness (QED) is 0.242. The molecule has 2 aromatic rings. The number of carboxylic acids is 1. The first-order valence-corrected chi connectivity index (χ1v) is 16.3. The highest BCUT2D eigenvalue weighted by atomic mass is 19.1. The number of carbonyl (C=O) groups excluding carboxylic acids is 2. The topological polar surface area (TPSA) is 96.8 Å². The number of carbonyl (C=O) groups is 3. The maximum absolute atomic E-state index is 13.3. The lowest BCUT2D eigenvalue weighted by Crippen LogP contribution is -2.50.